The Morgan fingerprint density at radius 3 is 2.37 bits per heavy atom. The highest BCUT2D eigenvalue weighted by molar-refractivity contribution is 5.68. The summed E-state index contributed by atoms with van der Waals surface area (Å²) < 4.78 is 5.33. The van der Waals surface area contributed by atoms with Gasteiger partial charge < -0.3 is 15.8 Å². The summed E-state index contributed by atoms with van der Waals surface area (Å²) in [6.07, 6.45) is -0.0888. The van der Waals surface area contributed by atoms with Gasteiger partial charge in [-0.05, 0) is 33.3 Å². The van der Waals surface area contributed by atoms with Crippen molar-refractivity contribution in [1.82, 2.24) is 5.32 Å². The second-order valence-corrected chi connectivity index (χ2v) is 5.83. The van der Waals surface area contributed by atoms with Gasteiger partial charge in [0.2, 0.25) is 0 Å². The van der Waals surface area contributed by atoms with E-state index in [1.54, 1.807) is 0 Å². The van der Waals surface area contributed by atoms with Gasteiger partial charge in [-0.25, -0.2) is 4.79 Å². The zero-order valence-corrected chi connectivity index (χ0v) is 12.2. The Morgan fingerprint density at radius 1 is 1.32 bits per heavy atom. The standard InChI is InChI=1S/C15H24N2O2/c1-11-5-7-12(8-6-11)9-13(10-16)19-14(18)17-15(2,3)4/h5-8,13H,9-10,16H2,1-4H3,(H,17,18)/t13-/m0/s1. The van der Waals surface area contributed by atoms with Crippen molar-refractivity contribution in [3.63, 3.8) is 0 Å². The minimum absolute atomic E-state index is 0.301. The Balaban J connectivity index is 2.54. The molecule has 0 radical (unpaired) electrons. The SMILES string of the molecule is Cc1ccc(C[C@@H](CN)OC(=O)NC(C)(C)C)cc1. The number of hydrogen-bond donors (Lipinski definition) is 2. The van der Waals surface area contributed by atoms with Crippen LogP contribution in [0.25, 0.3) is 0 Å². The lowest BCUT2D eigenvalue weighted by Gasteiger charge is -2.23. The predicted molar refractivity (Wildman–Crippen MR) is 77.1 cm³/mol. The lowest BCUT2D eigenvalue weighted by molar-refractivity contribution is 0.0950. The number of nitrogens with two attached hydrogens (primary N) is 1. The van der Waals surface area contributed by atoms with Crippen molar-refractivity contribution in [3.05, 3.63) is 35.4 Å². The fourth-order valence-electron chi connectivity index (χ4n) is 1.65. The van der Waals surface area contributed by atoms with Crippen molar-refractivity contribution < 1.29 is 9.53 Å². The maximum atomic E-state index is 11.7. The van der Waals surface area contributed by atoms with Gasteiger partial charge in [0.15, 0.2) is 0 Å². The van der Waals surface area contributed by atoms with Crippen molar-refractivity contribution in [3.8, 4) is 0 Å². The Labute approximate surface area is 115 Å². The molecule has 1 aromatic rings. The molecule has 0 fully saturated rings. The number of benzene rings is 1. The summed E-state index contributed by atoms with van der Waals surface area (Å²) in [4.78, 5) is 11.7. The zero-order chi connectivity index (χ0) is 14.5. The molecular weight excluding hydrogens is 240 g/mol. The maximum Gasteiger partial charge on any atom is 0.407 e. The van der Waals surface area contributed by atoms with E-state index in [1.807, 2.05) is 52.0 Å². The Hall–Kier alpha value is -1.55. The van der Waals surface area contributed by atoms with Crippen LogP contribution in [0.2, 0.25) is 0 Å². The molecule has 1 amide bonds. The second-order valence-electron chi connectivity index (χ2n) is 5.83. The fourth-order valence-corrected chi connectivity index (χ4v) is 1.65. The van der Waals surface area contributed by atoms with Gasteiger partial charge in [-0.1, -0.05) is 29.8 Å². The molecule has 0 spiro atoms. The lowest BCUT2D eigenvalue weighted by Crippen LogP contribution is -2.43. The molecule has 1 aromatic carbocycles. The van der Waals surface area contributed by atoms with Crippen LogP contribution >= 0.6 is 0 Å². The van der Waals surface area contributed by atoms with Crippen LogP contribution in [0.4, 0.5) is 4.79 Å². The Kier molecular flexibility index (Phi) is 5.36. The number of carbonyl (C=O) groups excluding carboxylic acids is 1. The number of nitrogens with one attached hydrogen (secondary N) is 1. The highest BCUT2D eigenvalue weighted by Gasteiger charge is 2.18. The summed E-state index contributed by atoms with van der Waals surface area (Å²) >= 11 is 0. The molecule has 0 aliphatic rings. The first-order valence-electron chi connectivity index (χ1n) is 6.54. The van der Waals surface area contributed by atoms with Gasteiger partial charge in [-0.2, -0.15) is 0 Å². The molecule has 0 aliphatic heterocycles. The summed E-state index contributed by atoms with van der Waals surface area (Å²) in [5.74, 6) is 0. The number of alkyl carbamates (subject to hydrolysis) is 1. The van der Waals surface area contributed by atoms with Crippen LogP contribution in [-0.4, -0.2) is 24.3 Å². The number of hydrogen-bond acceptors (Lipinski definition) is 3. The molecule has 1 atom stereocenters. The normalized spacial score (nSPS) is 12.9. The second kappa shape index (κ2) is 6.57. The third kappa shape index (κ3) is 6.25. The van der Waals surface area contributed by atoms with E-state index in [0.29, 0.717) is 13.0 Å². The monoisotopic (exact) mass is 264 g/mol. The van der Waals surface area contributed by atoms with Crippen LogP contribution in [0.1, 0.15) is 31.9 Å². The van der Waals surface area contributed by atoms with Gasteiger partial charge >= 0.3 is 6.09 Å². The number of amides is 1. The summed E-state index contributed by atoms with van der Waals surface area (Å²) in [5.41, 5.74) is 7.68. The van der Waals surface area contributed by atoms with Crippen molar-refractivity contribution in [1.29, 1.82) is 0 Å². The van der Waals surface area contributed by atoms with E-state index in [1.165, 1.54) is 5.56 Å². The van der Waals surface area contributed by atoms with Crippen LogP contribution in [-0.2, 0) is 11.2 Å². The molecule has 0 bridgehead atoms. The number of ether oxygens (including phenoxy) is 1. The topological polar surface area (TPSA) is 64.3 Å². The van der Waals surface area contributed by atoms with Gasteiger partial charge in [0.05, 0.1) is 0 Å². The van der Waals surface area contributed by atoms with Crippen LogP contribution in [0.3, 0.4) is 0 Å². The van der Waals surface area contributed by atoms with E-state index in [0.717, 1.165) is 5.56 Å². The van der Waals surface area contributed by atoms with Crippen molar-refractivity contribution in [2.24, 2.45) is 5.73 Å². The Morgan fingerprint density at radius 2 is 1.89 bits per heavy atom. The van der Waals surface area contributed by atoms with Gasteiger partial charge in [-0.15, -0.1) is 0 Å². The zero-order valence-electron chi connectivity index (χ0n) is 12.2. The van der Waals surface area contributed by atoms with E-state index in [4.69, 9.17) is 10.5 Å². The number of rotatable bonds is 4. The lowest BCUT2D eigenvalue weighted by atomic mass is 10.1. The molecule has 0 saturated heterocycles. The van der Waals surface area contributed by atoms with Crippen LogP contribution < -0.4 is 11.1 Å². The van der Waals surface area contributed by atoms with E-state index < -0.39 is 6.09 Å². The fraction of sp³-hybridized carbons (Fsp3) is 0.533. The molecule has 0 saturated carbocycles. The quantitative estimate of drug-likeness (QED) is 0.877. The molecule has 19 heavy (non-hydrogen) atoms. The average molecular weight is 264 g/mol. The largest absolute Gasteiger partial charge is 0.445 e. The van der Waals surface area contributed by atoms with Gasteiger partial charge in [0.1, 0.15) is 6.10 Å². The molecule has 0 aliphatic carbocycles. The molecule has 4 nitrogen and oxygen atoms in total. The predicted octanol–water partition coefficient (Wildman–Crippen LogP) is 2.39. The van der Waals surface area contributed by atoms with Gasteiger partial charge in [-0.3, -0.25) is 0 Å². The summed E-state index contributed by atoms with van der Waals surface area (Å²) in [5, 5.41) is 2.76. The van der Waals surface area contributed by atoms with Crippen LogP contribution in [0, 0.1) is 6.92 Å². The summed E-state index contributed by atoms with van der Waals surface area (Å²) in [6, 6.07) is 8.14. The third-order valence-electron chi connectivity index (χ3n) is 2.60. The first-order valence-corrected chi connectivity index (χ1v) is 6.54. The third-order valence-corrected chi connectivity index (χ3v) is 2.60. The molecule has 0 aromatic heterocycles. The summed E-state index contributed by atoms with van der Waals surface area (Å²) in [7, 11) is 0. The van der Waals surface area contributed by atoms with Crippen LogP contribution in [0.5, 0.6) is 0 Å². The minimum atomic E-state index is -0.421. The molecule has 3 N–H and O–H groups in total. The number of aryl methyl sites for hydroxylation is 1. The summed E-state index contributed by atoms with van der Waals surface area (Å²) in [6.45, 7) is 8.08. The molecule has 0 unspecified atom stereocenters. The van der Waals surface area contributed by atoms with Gasteiger partial charge in [0, 0.05) is 18.5 Å². The van der Waals surface area contributed by atoms with Crippen molar-refractivity contribution >= 4 is 6.09 Å². The highest BCUT2D eigenvalue weighted by Crippen LogP contribution is 2.08. The molecule has 0 heterocycles. The number of carbonyl (C=O) groups is 1. The van der Waals surface area contributed by atoms with E-state index in [9.17, 15) is 4.79 Å². The van der Waals surface area contributed by atoms with E-state index in [2.05, 4.69) is 5.32 Å². The molecule has 1 rings (SSSR count). The smallest absolute Gasteiger partial charge is 0.407 e. The first-order chi connectivity index (χ1) is 8.80. The molecule has 106 valence electrons. The average Bonchev–Trinajstić information content (AvgIpc) is 2.28. The minimum Gasteiger partial charge on any atom is -0.445 e. The molecular formula is C15H24N2O2. The first kappa shape index (κ1) is 15.5. The Bertz CT molecular complexity index is 407. The van der Waals surface area contributed by atoms with Crippen molar-refractivity contribution in [2.75, 3.05) is 6.54 Å². The highest BCUT2D eigenvalue weighted by atomic mass is 16.6. The van der Waals surface area contributed by atoms with Crippen molar-refractivity contribution in [2.45, 2.75) is 45.8 Å². The van der Waals surface area contributed by atoms with E-state index in [-0.39, 0.29) is 11.6 Å². The molecule has 4 heteroatoms. The maximum absolute atomic E-state index is 11.7. The van der Waals surface area contributed by atoms with Gasteiger partial charge in [0.25, 0.3) is 0 Å². The van der Waals surface area contributed by atoms with Crippen LogP contribution in [0.15, 0.2) is 24.3 Å². The van der Waals surface area contributed by atoms with E-state index >= 15 is 0 Å².